The number of alkyl carbamates (subject to hydrolysis) is 1. The van der Waals surface area contributed by atoms with Gasteiger partial charge in [-0.3, -0.25) is 9.59 Å². The molecule has 37 heavy (non-hydrogen) atoms. The third-order valence-electron chi connectivity index (χ3n) is 6.38. The third-order valence-corrected chi connectivity index (χ3v) is 6.75. The predicted octanol–water partition coefficient (Wildman–Crippen LogP) is 5.50. The normalized spacial score (nSPS) is 15.2. The molecule has 2 aromatic rings. The lowest BCUT2D eigenvalue weighted by Crippen LogP contribution is -2.57. The van der Waals surface area contributed by atoms with Gasteiger partial charge in [0.1, 0.15) is 17.7 Å². The second kappa shape index (κ2) is 12.0. The van der Waals surface area contributed by atoms with Gasteiger partial charge in [-0.1, -0.05) is 47.5 Å². The molecule has 1 saturated carbocycles. The smallest absolute Gasteiger partial charge is 0.408 e. The molecule has 2 atom stereocenters. The van der Waals surface area contributed by atoms with Crippen LogP contribution in [0.1, 0.15) is 68.3 Å². The number of carbonyl (C=O) groups excluding carboxylic acids is 3. The van der Waals surface area contributed by atoms with Crippen molar-refractivity contribution in [1.82, 2.24) is 10.2 Å². The maximum absolute atomic E-state index is 14.0. The standard InChI is InChI=1S/C29H39N3O4S/c1-18-14-19(2)16-21(15-18)25(26(33)30-23-13-8-7-10-20(23)3)32(22-11-9-12-22)27(34)24(17-37)31-28(35)36-29(4,5)6/h7-8,10,13-16,22,24-25,37H,9,11-12,17H2,1-6H3,(H,30,33)(H,31,35). The molecule has 8 heteroatoms. The Morgan fingerprint density at radius 2 is 1.68 bits per heavy atom. The van der Waals surface area contributed by atoms with E-state index in [0.717, 1.165) is 41.5 Å². The number of ether oxygens (including phenoxy) is 1. The molecule has 2 aromatic carbocycles. The molecule has 7 nitrogen and oxygen atoms in total. The fourth-order valence-corrected chi connectivity index (χ4v) is 4.77. The zero-order valence-corrected chi connectivity index (χ0v) is 23.5. The number of carbonyl (C=O) groups is 3. The molecule has 2 unspecified atom stereocenters. The fourth-order valence-electron chi connectivity index (χ4n) is 4.52. The van der Waals surface area contributed by atoms with E-state index in [1.807, 2.05) is 63.2 Å². The van der Waals surface area contributed by atoms with Gasteiger partial charge >= 0.3 is 6.09 Å². The lowest BCUT2D eigenvalue weighted by molar-refractivity contribution is -0.145. The minimum atomic E-state index is -0.946. The number of aryl methyl sites for hydroxylation is 3. The van der Waals surface area contributed by atoms with Crippen molar-refractivity contribution in [3.8, 4) is 0 Å². The van der Waals surface area contributed by atoms with Crippen molar-refractivity contribution in [3.63, 3.8) is 0 Å². The molecule has 1 aliphatic rings. The Morgan fingerprint density at radius 1 is 1.05 bits per heavy atom. The van der Waals surface area contributed by atoms with Gasteiger partial charge in [0.05, 0.1) is 0 Å². The van der Waals surface area contributed by atoms with Gasteiger partial charge in [0.25, 0.3) is 5.91 Å². The maximum atomic E-state index is 14.0. The topological polar surface area (TPSA) is 87.7 Å². The minimum Gasteiger partial charge on any atom is -0.444 e. The van der Waals surface area contributed by atoms with Crippen LogP contribution in [0.25, 0.3) is 0 Å². The Bertz CT molecular complexity index is 1120. The molecule has 1 aliphatic carbocycles. The zero-order chi connectivity index (χ0) is 27.3. The van der Waals surface area contributed by atoms with Gasteiger partial charge < -0.3 is 20.3 Å². The van der Waals surface area contributed by atoms with Gasteiger partial charge in [-0.15, -0.1) is 0 Å². The summed E-state index contributed by atoms with van der Waals surface area (Å²) in [6, 6.07) is 11.5. The van der Waals surface area contributed by atoms with Gasteiger partial charge in [-0.25, -0.2) is 4.79 Å². The van der Waals surface area contributed by atoms with Crippen LogP contribution in [0, 0.1) is 20.8 Å². The highest BCUT2D eigenvalue weighted by Gasteiger charge is 2.42. The fraction of sp³-hybridized carbons (Fsp3) is 0.483. The number of amides is 3. The number of hydrogen-bond donors (Lipinski definition) is 3. The van der Waals surface area contributed by atoms with Crippen LogP contribution in [0.3, 0.4) is 0 Å². The SMILES string of the molecule is Cc1cc(C)cc(C(C(=O)Nc2ccccc2C)N(C(=O)C(CS)NC(=O)OC(C)(C)C)C2CCC2)c1. The van der Waals surface area contributed by atoms with E-state index >= 15 is 0 Å². The number of para-hydroxylation sites is 1. The zero-order valence-electron chi connectivity index (χ0n) is 22.6. The summed E-state index contributed by atoms with van der Waals surface area (Å²) in [4.78, 5) is 42.2. The average Bonchev–Trinajstić information content (AvgIpc) is 2.75. The highest BCUT2D eigenvalue weighted by atomic mass is 32.1. The summed E-state index contributed by atoms with van der Waals surface area (Å²) >= 11 is 4.37. The van der Waals surface area contributed by atoms with E-state index in [1.165, 1.54) is 0 Å². The molecule has 2 N–H and O–H groups in total. The van der Waals surface area contributed by atoms with Gasteiger partial charge in [0.2, 0.25) is 5.91 Å². The molecular weight excluding hydrogens is 486 g/mol. The first kappa shape index (κ1) is 28.6. The lowest BCUT2D eigenvalue weighted by atomic mass is 9.87. The van der Waals surface area contributed by atoms with Crippen LogP contribution < -0.4 is 10.6 Å². The number of anilines is 1. The van der Waals surface area contributed by atoms with Gasteiger partial charge in [0, 0.05) is 17.5 Å². The Balaban J connectivity index is 2.02. The summed E-state index contributed by atoms with van der Waals surface area (Å²) in [5, 5.41) is 5.72. The molecule has 0 aromatic heterocycles. The van der Waals surface area contributed by atoms with Crippen LogP contribution in [-0.2, 0) is 14.3 Å². The third kappa shape index (κ3) is 7.51. The summed E-state index contributed by atoms with van der Waals surface area (Å²) in [7, 11) is 0. The van der Waals surface area contributed by atoms with Gasteiger partial charge in [-0.05, 0) is 78.0 Å². The number of nitrogens with one attached hydrogen (secondary N) is 2. The monoisotopic (exact) mass is 525 g/mol. The van der Waals surface area contributed by atoms with Crippen molar-refractivity contribution < 1.29 is 19.1 Å². The van der Waals surface area contributed by atoms with Crippen molar-refractivity contribution in [3.05, 3.63) is 64.7 Å². The van der Waals surface area contributed by atoms with Crippen molar-refractivity contribution >= 4 is 36.2 Å². The number of hydrogen-bond acceptors (Lipinski definition) is 5. The molecule has 1 fully saturated rings. The molecule has 200 valence electrons. The van der Waals surface area contributed by atoms with E-state index in [4.69, 9.17) is 4.74 Å². The number of benzene rings is 2. The molecule has 0 spiro atoms. The first-order chi connectivity index (χ1) is 17.4. The van der Waals surface area contributed by atoms with Crippen LogP contribution in [0.4, 0.5) is 10.5 Å². The van der Waals surface area contributed by atoms with Crippen LogP contribution in [0.5, 0.6) is 0 Å². The van der Waals surface area contributed by atoms with E-state index < -0.39 is 23.8 Å². The maximum Gasteiger partial charge on any atom is 0.408 e. The first-order valence-electron chi connectivity index (χ1n) is 12.8. The molecule has 0 bridgehead atoms. The highest BCUT2D eigenvalue weighted by Crippen LogP contribution is 2.35. The Hall–Kier alpha value is -3.00. The molecule has 0 heterocycles. The van der Waals surface area contributed by atoms with Crippen LogP contribution in [0.2, 0.25) is 0 Å². The minimum absolute atomic E-state index is 0.0697. The summed E-state index contributed by atoms with van der Waals surface area (Å²) < 4.78 is 5.38. The largest absolute Gasteiger partial charge is 0.444 e. The van der Waals surface area contributed by atoms with Crippen molar-refractivity contribution in [2.75, 3.05) is 11.1 Å². The molecule has 3 rings (SSSR count). The van der Waals surface area contributed by atoms with Crippen molar-refractivity contribution in [1.29, 1.82) is 0 Å². The Labute approximate surface area is 225 Å². The second-order valence-corrected chi connectivity index (χ2v) is 11.2. The average molecular weight is 526 g/mol. The van der Waals surface area contributed by atoms with Crippen LogP contribution in [0.15, 0.2) is 42.5 Å². The van der Waals surface area contributed by atoms with Crippen LogP contribution in [-0.4, -0.2) is 46.2 Å². The van der Waals surface area contributed by atoms with E-state index in [1.54, 1.807) is 25.7 Å². The summed E-state index contributed by atoms with van der Waals surface area (Å²) in [6.45, 7) is 11.2. The Kier molecular flexibility index (Phi) is 9.29. The number of thiol groups is 1. The van der Waals surface area contributed by atoms with E-state index in [-0.39, 0.29) is 23.6 Å². The van der Waals surface area contributed by atoms with Crippen molar-refractivity contribution in [2.45, 2.75) is 84.5 Å². The Morgan fingerprint density at radius 3 is 2.19 bits per heavy atom. The molecule has 0 radical (unpaired) electrons. The first-order valence-corrected chi connectivity index (χ1v) is 13.4. The molecule has 3 amide bonds. The van der Waals surface area contributed by atoms with E-state index in [2.05, 4.69) is 23.3 Å². The summed E-state index contributed by atoms with van der Waals surface area (Å²) in [6.07, 6.45) is 1.85. The van der Waals surface area contributed by atoms with E-state index in [9.17, 15) is 14.4 Å². The highest BCUT2D eigenvalue weighted by molar-refractivity contribution is 7.80. The molecular formula is C29H39N3O4S. The molecule has 0 saturated heterocycles. The number of nitrogens with zero attached hydrogens (tertiary/aromatic N) is 1. The summed E-state index contributed by atoms with van der Waals surface area (Å²) in [5.74, 6) is -0.579. The quantitative estimate of drug-likeness (QED) is 0.398. The number of rotatable bonds is 8. The summed E-state index contributed by atoms with van der Waals surface area (Å²) in [5.41, 5.74) is 3.65. The lowest BCUT2D eigenvalue weighted by Gasteiger charge is -2.43. The van der Waals surface area contributed by atoms with E-state index in [0.29, 0.717) is 5.69 Å². The molecule has 0 aliphatic heterocycles. The predicted molar refractivity (Wildman–Crippen MR) is 150 cm³/mol. The second-order valence-electron chi connectivity index (χ2n) is 10.8. The van der Waals surface area contributed by atoms with Gasteiger partial charge in [-0.2, -0.15) is 12.6 Å². The van der Waals surface area contributed by atoms with Crippen molar-refractivity contribution in [2.24, 2.45) is 0 Å². The van der Waals surface area contributed by atoms with Gasteiger partial charge in [0.15, 0.2) is 0 Å². The van der Waals surface area contributed by atoms with Crippen LogP contribution >= 0.6 is 12.6 Å².